The highest BCUT2D eigenvalue weighted by Crippen LogP contribution is 2.63. The number of ether oxygens (including phenoxy) is 2. The van der Waals surface area contributed by atoms with Crippen LogP contribution < -0.4 is 0 Å². The lowest BCUT2D eigenvalue weighted by Gasteiger charge is -2.42. The van der Waals surface area contributed by atoms with Crippen molar-refractivity contribution in [1.82, 2.24) is 0 Å². The molecule has 10 heteroatoms. The molecule has 0 aromatic rings. The Morgan fingerprint density at radius 1 is 0.773 bits per heavy atom. The van der Waals surface area contributed by atoms with E-state index in [0.29, 0.717) is 6.92 Å². The molecule has 0 aliphatic carbocycles. The fraction of sp³-hybridized carbons (Fsp3) is 1.00. The van der Waals surface area contributed by atoms with Gasteiger partial charge in [-0.15, -0.1) is 0 Å². The quantitative estimate of drug-likeness (QED) is 0.664. The summed E-state index contributed by atoms with van der Waals surface area (Å²) in [7, 11) is 0. The molecule has 0 saturated carbocycles. The molecular formula is C12H16F8O2. The van der Waals surface area contributed by atoms with Crippen molar-refractivity contribution >= 4 is 0 Å². The molecule has 22 heavy (non-hydrogen) atoms. The Kier molecular flexibility index (Phi) is 4.13. The van der Waals surface area contributed by atoms with Gasteiger partial charge in [0, 0.05) is 5.41 Å². The summed E-state index contributed by atoms with van der Waals surface area (Å²) in [5.41, 5.74) is -1.56. The number of hydrogen-bond acceptors (Lipinski definition) is 2. The molecule has 0 bridgehead atoms. The fourth-order valence-electron chi connectivity index (χ4n) is 1.96. The molecule has 0 aromatic carbocycles. The molecule has 1 rings (SSSR count). The van der Waals surface area contributed by atoms with Gasteiger partial charge in [-0.25, -0.2) is 0 Å². The number of rotatable bonds is 2. The van der Waals surface area contributed by atoms with Crippen LogP contribution in [0.3, 0.4) is 0 Å². The van der Waals surface area contributed by atoms with E-state index in [0.717, 1.165) is 0 Å². The van der Waals surface area contributed by atoms with Crippen LogP contribution in [-0.4, -0.2) is 29.8 Å². The molecule has 1 aliphatic heterocycles. The average molecular weight is 344 g/mol. The van der Waals surface area contributed by atoms with Gasteiger partial charge >= 0.3 is 24.1 Å². The normalized spacial score (nSPS) is 37.9. The van der Waals surface area contributed by atoms with Crippen LogP contribution in [-0.2, 0) is 9.47 Å². The number of alkyl halides is 8. The molecule has 0 radical (unpaired) electrons. The van der Waals surface area contributed by atoms with Crippen molar-refractivity contribution in [2.75, 3.05) is 0 Å². The topological polar surface area (TPSA) is 18.5 Å². The van der Waals surface area contributed by atoms with E-state index in [4.69, 9.17) is 0 Å². The molecular weight excluding hydrogens is 328 g/mol. The SMILES string of the molecule is CC(C)C(C)(C)C1(C)OC(F)(C(F)(F)F)C(F)(C(F)(F)F)O1. The van der Waals surface area contributed by atoms with E-state index in [1.54, 1.807) is 0 Å². The van der Waals surface area contributed by atoms with Crippen molar-refractivity contribution in [3.8, 4) is 0 Å². The Bertz CT molecular complexity index is 413. The Balaban J connectivity index is 3.55. The first-order chi connectivity index (χ1) is 9.36. The molecule has 1 heterocycles. The van der Waals surface area contributed by atoms with Crippen LogP contribution in [0.1, 0.15) is 34.6 Å². The molecule has 132 valence electrons. The molecule has 1 saturated heterocycles. The second-order valence-corrected chi connectivity index (χ2v) is 6.21. The molecule has 2 nitrogen and oxygen atoms in total. The Hall–Kier alpha value is -0.640. The third-order valence-electron chi connectivity index (χ3n) is 4.43. The summed E-state index contributed by atoms with van der Waals surface area (Å²) in [5.74, 6) is -14.7. The minimum absolute atomic E-state index is 0.606. The highest BCUT2D eigenvalue weighted by Gasteiger charge is 2.89. The maximum atomic E-state index is 14.1. The first-order valence-corrected chi connectivity index (χ1v) is 6.27. The summed E-state index contributed by atoms with van der Waals surface area (Å²) in [6.45, 7) is 5.92. The Morgan fingerprint density at radius 2 is 1.05 bits per heavy atom. The lowest BCUT2D eigenvalue weighted by molar-refractivity contribution is -0.422. The fourth-order valence-corrected chi connectivity index (χ4v) is 1.96. The van der Waals surface area contributed by atoms with Crippen LogP contribution in [0.2, 0.25) is 0 Å². The van der Waals surface area contributed by atoms with Crippen LogP contribution in [0.25, 0.3) is 0 Å². The zero-order valence-corrected chi connectivity index (χ0v) is 12.4. The average Bonchev–Trinajstić information content (AvgIpc) is 2.47. The van der Waals surface area contributed by atoms with E-state index >= 15 is 0 Å². The van der Waals surface area contributed by atoms with Crippen molar-refractivity contribution in [1.29, 1.82) is 0 Å². The second kappa shape index (κ2) is 4.68. The van der Waals surface area contributed by atoms with Gasteiger partial charge in [-0.3, -0.25) is 0 Å². The number of halogens is 8. The van der Waals surface area contributed by atoms with Crippen LogP contribution >= 0.6 is 0 Å². The third-order valence-corrected chi connectivity index (χ3v) is 4.43. The number of hydrogen-bond donors (Lipinski definition) is 0. The molecule has 1 fully saturated rings. The van der Waals surface area contributed by atoms with Gasteiger partial charge in [0.2, 0.25) is 0 Å². The van der Waals surface area contributed by atoms with E-state index in [9.17, 15) is 35.1 Å². The summed E-state index contributed by atoms with van der Waals surface area (Å²) >= 11 is 0. The minimum atomic E-state index is -6.29. The van der Waals surface area contributed by atoms with E-state index in [-0.39, 0.29) is 0 Å². The lowest BCUT2D eigenvalue weighted by Crippen LogP contribution is -2.62. The Labute approximate surface area is 121 Å². The smallest absolute Gasteiger partial charge is 0.301 e. The molecule has 0 amide bonds. The van der Waals surface area contributed by atoms with Gasteiger partial charge in [-0.05, 0) is 12.8 Å². The maximum absolute atomic E-state index is 14.1. The summed E-state index contributed by atoms with van der Waals surface area (Å²) in [5, 5.41) is 0. The van der Waals surface area contributed by atoms with Crippen LogP contribution in [0.15, 0.2) is 0 Å². The monoisotopic (exact) mass is 344 g/mol. The molecule has 0 spiro atoms. The summed E-state index contributed by atoms with van der Waals surface area (Å²) in [6, 6.07) is 0. The lowest BCUT2D eigenvalue weighted by atomic mass is 9.74. The van der Waals surface area contributed by atoms with E-state index in [1.807, 2.05) is 0 Å². The first kappa shape index (κ1) is 19.4. The van der Waals surface area contributed by atoms with Crippen LogP contribution in [0, 0.1) is 11.3 Å². The van der Waals surface area contributed by atoms with Crippen LogP contribution in [0.5, 0.6) is 0 Å². The first-order valence-electron chi connectivity index (χ1n) is 6.27. The van der Waals surface area contributed by atoms with Gasteiger partial charge in [0.25, 0.3) is 0 Å². The second-order valence-electron chi connectivity index (χ2n) is 6.21. The predicted molar refractivity (Wildman–Crippen MR) is 59.0 cm³/mol. The molecule has 0 aromatic heterocycles. The minimum Gasteiger partial charge on any atom is -0.301 e. The summed E-state index contributed by atoms with van der Waals surface area (Å²) < 4.78 is 113. The molecule has 1 aliphatic rings. The molecule has 2 unspecified atom stereocenters. The summed E-state index contributed by atoms with van der Waals surface area (Å²) in [4.78, 5) is 0. The highest BCUT2D eigenvalue weighted by atomic mass is 19.4. The van der Waals surface area contributed by atoms with Gasteiger partial charge < -0.3 is 9.47 Å². The van der Waals surface area contributed by atoms with Crippen molar-refractivity contribution in [3.05, 3.63) is 0 Å². The summed E-state index contributed by atoms with van der Waals surface area (Å²) in [6.07, 6.45) is -12.6. The van der Waals surface area contributed by atoms with Crippen molar-refractivity contribution in [2.24, 2.45) is 11.3 Å². The van der Waals surface area contributed by atoms with Crippen molar-refractivity contribution < 1.29 is 44.6 Å². The van der Waals surface area contributed by atoms with E-state index in [1.165, 1.54) is 27.7 Å². The predicted octanol–water partition coefficient (Wildman–Crippen LogP) is 4.89. The zero-order valence-electron chi connectivity index (χ0n) is 12.4. The van der Waals surface area contributed by atoms with Crippen molar-refractivity contribution in [3.63, 3.8) is 0 Å². The van der Waals surface area contributed by atoms with E-state index in [2.05, 4.69) is 9.47 Å². The Morgan fingerprint density at radius 3 is 1.23 bits per heavy atom. The zero-order chi connectivity index (χ0) is 18.0. The molecule has 2 atom stereocenters. The van der Waals surface area contributed by atoms with E-state index < -0.39 is 41.2 Å². The van der Waals surface area contributed by atoms with Gasteiger partial charge in [0.1, 0.15) is 0 Å². The third kappa shape index (κ3) is 2.29. The van der Waals surface area contributed by atoms with Crippen molar-refractivity contribution in [2.45, 2.75) is 64.5 Å². The maximum Gasteiger partial charge on any atom is 0.455 e. The molecule has 0 N–H and O–H groups in total. The largest absolute Gasteiger partial charge is 0.455 e. The van der Waals surface area contributed by atoms with Gasteiger partial charge in [-0.2, -0.15) is 35.1 Å². The van der Waals surface area contributed by atoms with Gasteiger partial charge in [0.15, 0.2) is 5.79 Å². The highest BCUT2D eigenvalue weighted by molar-refractivity contribution is 5.07. The standard InChI is InChI=1S/C12H16F8O2/c1-6(2)7(3,4)8(5)21-9(13,11(15,16)17)10(14,22-8)12(18,19)20/h6H,1-5H3. The van der Waals surface area contributed by atoms with Gasteiger partial charge in [0.05, 0.1) is 0 Å². The van der Waals surface area contributed by atoms with Crippen LogP contribution in [0.4, 0.5) is 35.1 Å². The van der Waals surface area contributed by atoms with Gasteiger partial charge in [-0.1, -0.05) is 27.7 Å².